The molecule has 0 bridgehead atoms. The third-order valence-corrected chi connectivity index (χ3v) is 3.25. The van der Waals surface area contributed by atoms with E-state index in [1.807, 2.05) is 14.0 Å². The largest absolute Gasteiger partial charge is 0.384 e. The molecule has 0 aromatic carbocycles. The average Bonchev–Trinajstić information content (AvgIpc) is 2.46. The van der Waals surface area contributed by atoms with Gasteiger partial charge in [0.25, 0.3) is 0 Å². The van der Waals surface area contributed by atoms with Crippen molar-refractivity contribution in [2.45, 2.75) is 45.1 Å². The van der Waals surface area contributed by atoms with E-state index in [1.165, 1.54) is 6.42 Å². The molecule has 0 spiro atoms. The average molecular weight is 275 g/mol. The molecule has 0 amide bonds. The summed E-state index contributed by atoms with van der Waals surface area (Å²) in [7, 11) is 1.86. The molecule has 0 aliphatic carbocycles. The molecule has 0 saturated heterocycles. The van der Waals surface area contributed by atoms with Crippen LogP contribution in [0.25, 0.3) is 0 Å². The zero-order valence-corrected chi connectivity index (χ0v) is 11.2. The molecule has 1 aromatic heterocycles. The van der Waals surface area contributed by atoms with E-state index >= 15 is 0 Å². The molecule has 0 aliphatic rings. The number of hydrogen-bond donors (Lipinski definition) is 1. The number of aliphatic hydroxyl groups is 1. The highest BCUT2D eigenvalue weighted by Crippen LogP contribution is 2.31. The first-order chi connectivity index (χ1) is 6.99. The van der Waals surface area contributed by atoms with E-state index in [2.05, 4.69) is 28.0 Å². The minimum Gasteiger partial charge on any atom is -0.384 e. The second-order valence-corrected chi connectivity index (χ2v) is 5.05. The van der Waals surface area contributed by atoms with Crippen LogP contribution in [0.15, 0.2) is 10.7 Å². The van der Waals surface area contributed by atoms with Crippen molar-refractivity contribution in [1.82, 2.24) is 9.78 Å². The number of nitrogens with zero attached hydrogens (tertiary/aromatic N) is 2. The zero-order valence-electron chi connectivity index (χ0n) is 9.63. The van der Waals surface area contributed by atoms with E-state index in [4.69, 9.17) is 0 Å². The van der Waals surface area contributed by atoms with Gasteiger partial charge in [-0.3, -0.25) is 4.68 Å². The summed E-state index contributed by atoms with van der Waals surface area (Å²) in [6, 6.07) is 0. The molecule has 0 fully saturated rings. The maximum absolute atomic E-state index is 10.4. The van der Waals surface area contributed by atoms with Gasteiger partial charge in [0.1, 0.15) is 5.60 Å². The maximum atomic E-state index is 10.4. The van der Waals surface area contributed by atoms with Gasteiger partial charge in [-0.2, -0.15) is 5.10 Å². The Kier molecular flexibility index (Phi) is 4.34. The van der Waals surface area contributed by atoms with Crippen molar-refractivity contribution < 1.29 is 5.11 Å². The fourth-order valence-electron chi connectivity index (χ4n) is 1.85. The van der Waals surface area contributed by atoms with E-state index in [1.54, 1.807) is 10.9 Å². The standard InChI is InChI=1S/C11H19BrN2O/c1-4-5-6-7-11(2,15)10-9(12)8-13-14(10)3/h8,15H,4-7H2,1-3H3. The van der Waals surface area contributed by atoms with Crippen LogP contribution < -0.4 is 0 Å². The Morgan fingerprint density at radius 1 is 1.53 bits per heavy atom. The van der Waals surface area contributed by atoms with Crippen molar-refractivity contribution in [1.29, 1.82) is 0 Å². The van der Waals surface area contributed by atoms with E-state index < -0.39 is 5.60 Å². The van der Waals surface area contributed by atoms with Crippen molar-refractivity contribution in [2.24, 2.45) is 7.05 Å². The lowest BCUT2D eigenvalue weighted by Gasteiger charge is -2.24. The van der Waals surface area contributed by atoms with Crippen LogP contribution in [0, 0.1) is 0 Å². The summed E-state index contributed by atoms with van der Waals surface area (Å²) in [6.45, 7) is 4.01. The lowest BCUT2D eigenvalue weighted by molar-refractivity contribution is 0.0359. The lowest BCUT2D eigenvalue weighted by atomic mass is 9.95. The van der Waals surface area contributed by atoms with Crippen molar-refractivity contribution in [3.63, 3.8) is 0 Å². The van der Waals surface area contributed by atoms with Gasteiger partial charge < -0.3 is 5.11 Å². The van der Waals surface area contributed by atoms with Crippen LogP contribution in [0.5, 0.6) is 0 Å². The van der Waals surface area contributed by atoms with Gasteiger partial charge in [-0.15, -0.1) is 0 Å². The SMILES string of the molecule is CCCCCC(C)(O)c1c(Br)cnn1C. The Morgan fingerprint density at radius 3 is 2.67 bits per heavy atom. The van der Waals surface area contributed by atoms with Gasteiger partial charge in [0.15, 0.2) is 0 Å². The van der Waals surface area contributed by atoms with Crippen LogP contribution in [0.1, 0.15) is 45.2 Å². The maximum Gasteiger partial charge on any atom is 0.105 e. The van der Waals surface area contributed by atoms with Gasteiger partial charge in [0, 0.05) is 7.05 Å². The molecule has 4 heteroatoms. The Morgan fingerprint density at radius 2 is 2.20 bits per heavy atom. The van der Waals surface area contributed by atoms with Crippen molar-refractivity contribution in [2.75, 3.05) is 0 Å². The first kappa shape index (κ1) is 12.7. The van der Waals surface area contributed by atoms with Gasteiger partial charge in [-0.25, -0.2) is 0 Å². The highest BCUT2D eigenvalue weighted by molar-refractivity contribution is 9.10. The topological polar surface area (TPSA) is 38.1 Å². The molecule has 0 aliphatic heterocycles. The second kappa shape index (κ2) is 5.12. The van der Waals surface area contributed by atoms with E-state index in [0.717, 1.165) is 29.4 Å². The van der Waals surface area contributed by atoms with E-state index in [0.29, 0.717) is 0 Å². The summed E-state index contributed by atoms with van der Waals surface area (Å²) < 4.78 is 2.61. The molecule has 1 rings (SSSR count). The summed E-state index contributed by atoms with van der Waals surface area (Å²) in [5, 5.41) is 14.5. The Hall–Kier alpha value is -0.350. The minimum absolute atomic E-state index is 0.777. The van der Waals surface area contributed by atoms with Gasteiger partial charge in [0.2, 0.25) is 0 Å². The van der Waals surface area contributed by atoms with Crippen LogP contribution in [-0.4, -0.2) is 14.9 Å². The summed E-state index contributed by atoms with van der Waals surface area (Å²) in [4.78, 5) is 0. The van der Waals surface area contributed by atoms with Crippen LogP contribution in [0.3, 0.4) is 0 Å². The fraction of sp³-hybridized carbons (Fsp3) is 0.727. The van der Waals surface area contributed by atoms with Crippen LogP contribution in [0.4, 0.5) is 0 Å². The highest BCUT2D eigenvalue weighted by atomic mass is 79.9. The minimum atomic E-state index is -0.792. The third-order valence-electron chi connectivity index (χ3n) is 2.67. The highest BCUT2D eigenvalue weighted by Gasteiger charge is 2.28. The Balaban J connectivity index is 2.76. The van der Waals surface area contributed by atoms with Gasteiger partial charge in [0.05, 0.1) is 16.4 Å². The molecule has 3 nitrogen and oxygen atoms in total. The molecule has 0 radical (unpaired) electrons. The molecule has 0 saturated carbocycles. The molecule has 1 aromatic rings. The molecule has 1 N–H and O–H groups in total. The zero-order chi connectivity index (χ0) is 11.5. The summed E-state index contributed by atoms with van der Waals surface area (Å²) in [5.74, 6) is 0. The van der Waals surface area contributed by atoms with Gasteiger partial charge >= 0.3 is 0 Å². The molecular weight excluding hydrogens is 256 g/mol. The predicted octanol–water partition coefficient (Wildman–Crippen LogP) is 2.97. The van der Waals surface area contributed by atoms with E-state index in [9.17, 15) is 5.11 Å². The third kappa shape index (κ3) is 3.05. The molecule has 1 atom stereocenters. The molecule has 1 unspecified atom stereocenters. The van der Waals surface area contributed by atoms with Crippen LogP contribution in [-0.2, 0) is 12.6 Å². The van der Waals surface area contributed by atoms with E-state index in [-0.39, 0.29) is 0 Å². The molecule has 86 valence electrons. The number of aryl methyl sites for hydroxylation is 1. The summed E-state index contributed by atoms with van der Waals surface area (Å²) in [5.41, 5.74) is 0.0674. The Labute approximate surface area is 99.6 Å². The molecular formula is C11H19BrN2O. The predicted molar refractivity (Wildman–Crippen MR) is 64.6 cm³/mol. The lowest BCUT2D eigenvalue weighted by Crippen LogP contribution is -2.25. The normalized spacial score (nSPS) is 15.3. The van der Waals surface area contributed by atoms with Gasteiger partial charge in [-0.1, -0.05) is 26.2 Å². The number of unbranched alkanes of at least 4 members (excludes halogenated alkanes) is 2. The number of halogens is 1. The first-order valence-electron chi connectivity index (χ1n) is 5.39. The monoisotopic (exact) mass is 274 g/mol. The fourth-order valence-corrected chi connectivity index (χ4v) is 2.63. The Bertz CT molecular complexity index is 301. The number of hydrogen-bond acceptors (Lipinski definition) is 2. The van der Waals surface area contributed by atoms with Crippen molar-refractivity contribution in [3.05, 3.63) is 16.4 Å². The number of aromatic nitrogens is 2. The quantitative estimate of drug-likeness (QED) is 0.839. The molecule has 15 heavy (non-hydrogen) atoms. The molecule has 1 heterocycles. The van der Waals surface area contributed by atoms with Crippen LogP contribution in [0.2, 0.25) is 0 Å². The second-order valence-electron chi connectivity index (χ2n) is 4.20. The van der Waals surface area contributed by atoms with Crippen molar-refractivity contribution >= 4 is 15.9 Å². The first-order valence-corrected chi connectivity index (χ1v) is 6.18. The van der Waals surface area contributed by atoms with Crippen molar-refractivity contribution in [3.8, 4) is 0 Å². The number of rotatable bonds is 5. The smallest absolute Gasteiger partial charge is 0.105 e. The summed E-state index contributed by atoms with van der Waals surface area (Å²) in [6.07, 6.45) is 5.87. The van der Waals surface area contributed by atoms with Crippen LogP contribution >= 0.6 is 15.9 Å². The van der Waals surface area contributed by atoms with Gasteiger partial charge in [-0.05, 0) is 29.3 Å². The summed E-state index contributed by atoms with van der Waals surface area (Å²) >= 11 is 3.42.